The molecule has 126 valence electrons. The fraction of sp³-hybridized carbons (Fsp3) is 0.500. The second-order valence-corrected chi connectivity index (χ2v) is 6.93. The van der Waals surface area contributed by atoms with Gasteiger partial charge in [-0.15, -0.1) is 0 Å². The number of hydrogen-bond acceptors (Lipinski definition) is 2. The second kappa shape index (κ2) is 6.42. The zero-order valence-corrected chi connectivity index (χ0v) is 14.4. The highest BCUT2D eigenvalue weighted by Crippen LogP contribution is 2.42. The molecular weight excluding hydrogens is 298 g/mol. The fourth-order valence-electron chi connectivity index (χ4n) is 3.71. The zero-order chi connectivity index (χ0) is 16.5. The van der Waals surface area contributed by atoms with E-state index >= 15 is 0 Å². The van der Waals surface area contributed by atoms with Crippen LogP contribution in [0.4, 0.5) is 0 Å². The molecule has 4 rings (SSSR count). The molecule has 1 saturated heterocycles. The van der Waals surface area contributed by atoms with Crippen molar-refractivity contribution >= 4 is 5.91 Å². The van der Waals surface area contributed by atoms with E-state index in [9.17, 15) is 4.79 Å². The molecule has 2 aromatic rings. The van der Waals surface area contributed by atoms with Crippen molar-refractivity contribution in [2.75, 3.05) is 13.1 Å². The summed E-state index contributed by atoms with van der Waals surface area (Å²) in [6.07, 6.45) is 6.63. The van der Waals surface area contributed by atoms with Crippen LogP contribution in [0, 0.1) is 0 Å². The van der Waals surface area contributed by atoms with Crippen LogP contribution in [0.3, 0.4) is 0 Å². The number of aromatic nitrogens is 2. The Morgan fingerprint density at radius 2 is 1.83 bits per heavy atom. The summed E-state index contributed by atoms with van der Waals surface area (Å²) in [4.78, 5) is 15.3. The number of piperidine rings is 1. The number of amides is 1. The molecule has 2 aliphatic rings. The van der Waals surface area contributed by atoms with Crippen LogP contribution in [-0.2, 0) is 6.42 Å². The van der Waals surface area contributed by atoms with E-state index in [1.165, 1.54) is 6.42 Å². The van der Waals surface area contributed by atoms with Crippen molar-refractivity contribution in [1.29, 1.82) is 0 Å². The molecule has 0 radical (unpaired) electrons. The van der Waals surface area contributed by atoms with Gasteiger partial charge < -0.3 is 4.90 Å². The Morgan fingerprint density at radius 1 is 1.12 bits per heavy atom. The first-order valence-corrected chi connectivity index (χ1v) is 9.26. The highest BCUT2D eigenvalue weighted by Gasteiger charge is 2.36. The average Bonchev–Trinajstić information content (AvgIpc) is 3.42. The lowest BCUT2D eigenvalue weighted by atomic mass is 10.0. The molecular formula is C20H25N3O. The van der Waals surface area contributed by atoms with Crippen LogP contribution in [0.15, 0.2) is 30.3 Å². The van der Waals surface area contributed by atoms with Gasteiger partial charge in [0, 0.05) is 19.0 Å². The van der Waals surface area contributed by atoms with Gasteiger partial charge in [-0.1, -0.05) is 25.1 Å². The number of benzene rings is 1. The molecule has 1 aromatic heterocycles. The summed E-state index contributed by atoms with van der Waals surface area (Å²) < 4.78 is 2.00. The van der Waals surface area contributed by atoms with Crippen molar-refractivity contribution in [3.63, 3.8) is 0 Å². The van der Waals surface area contributed by atoms with Gasteiger partial charge in [0.15, 0.2) is 0 Å². The van der Waals surface area contributed by atoms with Crippen molar-refractivity contribution in [3.8, 4) is 5.69 Å². The van der Waals surface area contributed by atoms with Crippen molar-refractivity contribution in [1.82, 2.24) is 14.7 Å². The Kier molecular flexibility index (Phi) is 4.13. The third-order valence-corrected chi connectivity index (χ3v) is 5.16. The number of carbonyl (C=O) groups excluding carboxylic acids is 1. The van der Waals surface area contributed by atoms with Gasteiger partial charge in [0.05, 0.1) is 22.6 Å². The first-order chi connectivity index (χ1) is 11.8. The molecule has 4 nitrogen and oxygen atoms in total. The fourth-order valence-corrected chi connectivity index (χ4v) is 3.71. The number of rotatable bonds is 4. The summed E-state index contributed by atoms with van der Waals surface area (Å²) in [5, 5.41) is 4.90. The number of carbonyl (C=O) groups is 1. The molecule has 1 saturated carbocycles. The van der Waals surface area contributed by atoms with E-state index in [1.807, 2.05) is 27.8 Å². The second-order valence-electron chi connectivity index (χ2n) is 6.93. The number of hydrogen-bond donors (Lipinski definition) is 0. The Bertz CT molecular complexity index is 725. The van der Waals surface area contributed by atoms with Crippen molar-refractivity contribution in [2.45, 2.75) is 51.4 Å². The molecule has 0 bridgehead atoms. The minimum atomic E-state index is 0.204. The molecule has 1 aliphatic heterocycles. The molecule has 2 fully saturated rings. The standard InChI is InChI=1S/C20H25N3O/c1-2-17-18(20(24)22-13-7-4-8-14-22)19(15-11-12-15)21-23(17)16-9-5-3-6-10-16/h3,5-6,9-10,15H,2,4,7-8,11-14H2,1H3. The van der Waals surface area contributed by atoms with Crippen molar-refractivity contribution in [3.05, 3.63) is 47.3 Å². The highest BCUT2D eigenvalue weighted by atomic mass is 16.2. The predicted molar refractivity (Wildman–Crippen MR) is 94.7 cm³/mol. The Hall–Kier alpha value is -2.10. The normalized spacial score (nSPS) is 18.0. The molecule has 0 unspecified atom stereocenters. The predicted octanol–water partition coefficient (Wildman–Crippen LogP) is 3.94. The third-order valence-electron chi connectivity index (χ3n) is 5.16. The number of nitrogens with zero attached hydrogens (tertiary/aromatic N) is 3. The van der Waals surface area contributed by atoms with Crippen LogP contribution in [0.25, 0.3) is 5.69 Å². The Labute approximate surface area is 143 Å². The molecule has 1 aliphatic carbocycles. The zero-order valence-electron chi connectivity index (χ0n) is 14.4. The van der Waals surface area contributed by atoms with Gasteiger partial charge >= 0.3 is 0 Å². The summed E-state index contributed by atoms with van der Waals surface area (Å²) in [5.41, 5.74) is 4.05. The molecule has 1 aromatic carbocycles. The van der Waals surface area contributed by atoms with Gasteiger partial charge in [-0.3, -0.25) is 4.79 Å². The van der Waals surface area contributed by atoms with Crippen LogP contribution >= 0.6 is 0 Å². The SMILES string of the molecule is CCc1c(C(=O)N2CCCCC2)c(C2CC2)nn1-c1ccccc1. The van der Waals surface area contributed by atoms with Crippen LogP contribution < -0.4 is 0 Å². The molecule has 4 heteroatoms. The molecule has 0 spiro atoms. The summed E-state index contributed by atoms with van der Waals surface area (Å²) in [5.74, 6) is 0.680. The van der Waals surface area contributed by atoms with E-state index in [2.05, 4.69) is 19.1 Å². The van der Waals surface area contributed by atoms with Crippen LogP contribution in [0.5, 0.6) is 0 Å². The maximum Gasteiger partial charge on any atom is 0.257 e. The van der Waals surface area contributed by atoms with Crippen LogP contribution in [-0.4, -0.2) is 33.7 Å². The Balaban J connectivity index is 1.79. The van der Waals surface area contributed by atoms with Crippen LogP contribution in [0.2, 0.25) is 0 Å². The van der Waals surface area contributed by atoms with Crippen molar-refractivity contribution in [2.24, 2.45) is 0 Å². The molecule has 2 heterocycles. The van der Waals surface area contributed by atoms with Gasteiger partial charge in [0.25, 0.3) is 5.91 Å². The van der Waals surface area contributed by atoms with E-state index in [4.69, 9.17) is 5.10 Å². The minimum absolute atomic E-state index is 0.204. The highest BCUT2D eigenvalue weighted by molar-refractivity contribution is 5.97. The average molecular weight is 323 g/mol. The summed E-state index contributed by atoms with van der Waals surface area (Å²) >= 11 is 0. The van der Waals surface area contributed by atoms with Crippen LogP contribution in [0.1, 0.15) is 66.7 Å². The lowest BCUT2D eigenvalue weighted by Crippen LogP contribution is -2.36. The largest absolute Gasteiger partial charge is 0.339 e. The molecule has 1 amide bonds. The monoisotopic (exact) mass is 323 g/mol. The summed E-state index contributed by atoms with van der Waals surface area (Å²) in [6.45, 7) is 3.91. The number of likely N-dealkylation sites (tertiary alicyclic amines) is 1. The van der Waals surface area contributed by atoms with Crippen molar-refractivity contribution < 1.29 is 4.79 Å². The van der Waals surface area contributed by atoms with Gasteiger partial charge in [-0.2, -0.15) is 5.10 Å². The smallest absolute Gasteiger partial charge is 0.257 e. The van der Waals surface area contributed by atoms with E-state index in [0.29, 0.717) is 5.92 Å². The molecule has 0 atom stereocenters. The third kappa shape index (κ3) is 2.74. The lowest BCUT2D eigenvalue weighted by molar-refractivity contribution is 0.0722. The maximum atomic E-state index is 13.2. The van der Waals surface area contributed by atoms with Gasteiger partial charge in [-0.25, -0.2) is 4.68 Å². The van der Waals surface area contributed by atoms with E-state index in [-0.39, 0.29) is 5.91 Å². The quantitative estimate of drug-likeness (QED) is 0.855. The first-order valence-electron chi connectivity index (χ1n) is 9.26. The first kappa shape index (κ1) is 15.4. The maximum absolute atomic E-state index is 13.2. The Morgan fingerprint density at radius 3 is 2.46 bits per heavy atom. The van der Waals surface area contributed by atoms with Gasteiger partial charge in [-0.05, 0) is 50.7 Å². The minimum Gasteiger partial charge on any atom is -0.339 e. The van der Waals surface area contributed by atoms with Gasteiger partial charge in [0.2, 0.25) is 0 Å². The van der Waals surface area contributed by atoms with E-state index in [0.717, 1.165) is 67.8 Å². The molecule has 0 N–H and O–H groups in total. The number of para-hydroxylation sites is 1. The van der Waals surface area contributed by atoms with Gasteiger partial charge in [0.1, 0.15) is 0 Å². The van der Waals surface area contributed by atoms with E-state index in [1.54, 1.807) is 0 Å². The summed E-state index contributed by atoms with van der Waals surface area (Å²) in [7, 11) is 0. The summed E-state index contributed by atoms with van der Waals surface area (Å²) in [6, 6.07) is 10.2. The molecule has 24 heavy (non-hydrogen) atoms. The van der Waals surface area contributed by atoms with E-state index < -0.39 is 0 Å². The lowest BCUT2D eigenvalue weighted by Gasteiger charge is -2.27. The topological polar surface area (TPSA) is 38.1 Å².